The number of hydrogen-bond donors (Lipinski definition) is 1. The number of piperidine rings is 1. The minimum absolute atomic E-state index is 0.0179. The maximum Gasteiger partial charge on any atom is 0.313 e. The van der Waals surface area contributed by atoms with Crippen LogP contribution < -0.4 is 0 Å². The highest BCUT2D eigenvalue weighted by Gasteiger charge is 2.50. The van der Waals surface area contributed by atoms with Gasteiger partial charge in [0.25, 0.3) is 0 Å². The van der Waals surface area contributed by atoms with Crippen molar-refractivity contribution in [2.45, 2.75) is 43.9 Å². The first-order chi connectivity index (χ1) is 12.8. The predicted octanol–water partition coefficient (Wildman–Crippen LogP) is 3.12. The lowest BCUT2D eigenvalue weighted by molar-refractivity contribution is -0.160. The maximum absolute atomic E-state index is 14.6. The Labute approximate surface area is 157 Å². The first kappa shape index (κ1) is 19.7. The van der Waals surface area contributed by atoms with Gasteiger partial charge in [0.05, 0.1) is 12.0 Å². The highest BCUT2D eigenvalue weighted by Crippen LogP contribution is 2.45. The molecule has 148 valence electrons. The van der Waals surface area contributed by atoms with Crippen LogP contribution in [0.15, 0.2) is 18.2 Å². The van der Waals surface area contributed by atoms with E-state index in [0.717, 1.165) is 18.9 Å². The molecule has 1 saturated heterocycles. The van der Waals surface area contributed by atoms with E-state index in [0.29, 0.717) is 32.2 Å². The number of aliphatic carboxylic acids is 1. The minimum Gasteiger partial charge on any atom is -0.481 e. The summed E-state index contributed by atoms with van der Waals surface area (Å²) in [5.41, 5.74) is -1.99. The molecule has 1 aliphatic heterocycles. The van der Waals surface area contributed by atoms with Crippen molar-refractivity contribution in [3.63, 3.8) is 0 Å². The molecule has 2 aliphatic rings. The molecule has 1 aliphatic carbocycles. The lowest BCUT2D eigenvalue weighted by Gasteiger charge is -2.43. The Kier molecular flexibility index (Phi) is 5.51. The standard InChI is InChI=1S/C20H25F2NO4/c1-27-13-19(18(25)26)7-4-10-23(12-19)17(24)20(8-2-3-9-20)15-6-5-14(21)11-16(15)22/h5-6,11H,2-4,7-10,12-13H2,1H3,(H,25,26). The van der Waals surface area contributed by atoms with Crippen molar-refractivity contribution in [3.8, 4) is 0 Å². The van der Waals surface area contributed by atoms with Gasteiger partial charge in [0.1, 0.15) is 17.0 Å². The molecule has 1 heterocycles. The Bertz CT molecular complexity index is 729. The zero-order valence-electron chi connectivity index (χ0n) is 15.5. The molecule has 1 aromatic rings. The van der Waals surface area contributed by atoms with E-state index in [1.54, 1.807) is 4.90 Å². The smallest absolute Gasteiger partial charge is 0.313 e. The summed E-state index contributed by atoms with van der Waals surface area (Å²) in [6.07, 6.45) is 3.49. The first-order valence-electron chi connectivity index (χ1n) is 9.32. The van der Waals surface area contributed by atoms with E-state index in [9.17, 15) is 23.5 Å². The molecule has 1 saturated carbocycles. The zero-order chi connectivity index (χ0) is 19.7. The number of ether oxygens (including phenoxy) is 1. The van der Waals surface area contributed by atoms with Crippen LogP contribution in [0.2, 0.25) is 0 Å². The van der Waals surface area contributed by atoms with Crippen LogP contribution in [0.4, 0.5) is 8.78 Å². The number of hydrogen-bond acceptors (Lipinski definition) is 3. The Morgan fingerprint density at radius 3 is 2.48 bits per heavy atom. The molecule has 5 nitrogen and oxygen atoms in total. The van der Waals surface area contributed by atoms with E-state index in [-0.39, 0.29) is 24.6 Å². The van der Waals surface area contributed by atoms with Crippen LogP contribution >= 0.6 is 0 Å². The Morgan fingerprint density at radius 1 is 1.19 bits per heavy atom. The Morgan fingerprint density at radius 2 is 1.89 bits per heavy atom. The fraction of sp³-hybridized carbons (Fsp3) is 0.600. The summed E-state index contributed by atoms with van der Waals surface area (Å²) >= 11 is 0. The van der Waals surface area contributed by atoms with Crippen LogP contribution in [0.1, 0.15) is 44.1 Å². The number of benzene rings is 1. The summed E-state index contributed by atoms with van der Waals surface area (Å²) in [6, 6.07) is 3.34. The van der Waals surface area contributed by atoms with E-state index in [1.807, 2.05) is 0 Å². The first-order valence-corrected chi connectivity index (χ1v) is 9.32. The molecule has 1 N–H and O–H groups in total. The zero-order valence-corrected chi connectivity index (χ0v) is 15.5. The number of carbonyl (C=O) groups excluding carboxylic acids is 1. The normalized spacial score (nSPS) is 24.8. The average molecular weight is 381 g/mol. The van der Waals surface area contributed by atoms with E-state index in [2.05, 4.69) is 0 Å². The van der Waals surface area contributed by atoms with Gasteiger partial charge in [-0.25, -0.2) is 8.78 Å². The molecule has 3 rings (SSSR count). The second-order valence-corrected chi connectivity index (χ2v) is 7.76. The van der Waals surface area contributed by atoms with E-state index in [1.165, 1.54) is 19.2 Å². The molecule has 27 heavy (non-hydrogen) atoms. The van der Waals surface area contributed by atoms with Crippen molar-refractivity contribution in [1.29, 1.82) is 0 Å². The Hall–Kier alpha value is -2.02. The summed E-state index contributed by atoms with van der Waals surface area (Å²) in [4.78, 5) is 26.9. The van der Waals surface area contributed by atoms with Gasteiger partial charge in [0.2, 0.25) is 5.91 Å². The second-order valence-electron chi connectivity index (χ2n) is 7.76. The molecule has 2 fully saturated rings. The molecular weight excluding hydrogens is 356 g/mol. The van der Waals surface area contributed by atoms with E-state index < -0.39 is 28.4 Å². The highest BCUT2D eigenvalue weighted by molar-refractivity contribution is 5.89. The molecule has 1 atom stereocenters. The summed E-state index contributed by atoms with van der Waals surface area (Å²) in [5, 5.41) is 9.72. The van der Waals surface area contributed by atoms with Crippen molar-refractivity contribution >= 4 is 11.9 Å². The van der Waals surface area contributed by atoms with E-state index >= 15 is 0 Å². The van der Waals surface area contributed by atoms with Gasteiger partial charge in [-0.05, 0) is 31.7 Å². The highest BCUT2D eigenvalue weighted by atomic mass is 19.1. The van der Waals surface area contributed by atoms with Crippen molar-refractivity contribution < 1.29 is 28.2 Å². The lowest BCUT2D eigenvalue weighted by atomic mass is 9.75. The number of methoxy groups -OCH3 is 1. The topological polar surface area (TPSA) is 66.8 Å². The monoisotopic (exact) mass is 381 g/mol. The van der Waals surface area contributed by atoms with Crippen LogP contribution in [0.5, 0.6) is 0 Å². The molecule has 7 heteroatoms. The molecule has 0 aromatic heterocycles. The van der Waals surface area contributed by atoms with Crippen LogP contribution in [0, 0.1) is 17.0 Å². The number of amides is 1. The fourth-order valence-electron chi connectivity index (χ4n) is 4.69. The number of carbonyl (C=O) groups is 2. The Balaban J connectivity index is 1.95. The molecule has 1 aromatic carbocycles. The van der Waals surface area contributed by atoms with Crippen molar-refractivity contribution in [2.75, 3.05) is 26.8 Å². The van der Waals surface area contributed by atoms with Gasteiger partial charge in [-0.2, -0.15) is 0 Å². The minimum atomic E-state index is -1.15. The number of rotatable bonds is 5. The second kappa shape index (κ2) is 7.54. The number of likely N-dealkylation sites (tertiary alicyclic amines) is 1. The summed E-state index contributed by atoms with van der Waals surface area (Å²) < 4.78 is 33.0. The average Bonchev–Trinajstić information content (AvgIpc) is 3.12. The number of carboxylic acid groups (broad SMARTS) is 1. The molecule has 0 spiro atoms. The number of halogens is 2. The van der Waals surface area contributed by atoms with Gasteiger partial charge >= 0.3 is 5.97 Å². The van der Waals surface area contributed by atoms with Crippen LogP contribution in [-0.2, 0) is 19.7 Å². The van der Waals surface area contributed by atoms with Gasteiger partial charge in [0, 0.05) is 31.8 Å². The fourth-order valence-corrected chi connectivity index (χ4v) is 4.69. The van der Waals surface area contributed by atoms with Crippen LogP contribution in [0.3, 0.4) is 0 Å². The lowest BCUT2D eigenvalue weighted by Crippen LogP contribution is -2.56. The molecule has 0 radical (unpaired) electrons. The van der Waals surface area contributed by atoms with E-state index in [4.69, 9.17) is 4.74 Å². The predicted molar refractivity (Wildman–Crippen MR) is 94.3 cm³/mol. The van der Waals surface area contributed by atoms with Gasteiger partial charge < -0.3 is 14.7 Å². The molecule has 1 amide bonds. The number of nitrogens with zero attached hydrogens (tertiary/aromatic N) is 1. The molecule has 0 bridgehead atoms. The summed E-state index contributed by atoms with van der Waals surface area (Å²) in [5.74, 6) is -2.65. The summed E-state index contributed by atoms with van der Waals surface area (Å²) in [6.45, 7) is 0.492. The molecule has 1 unspecified atom stereocenters. The largest absolute Gasteiger partial charge is 0.481 e. The van der Waals surface area contributed by atoms with Gasteiger partial charge in [-0.3, -0.25) is 9.59 Å². The van der Waals surface area contributed by atoms with Crippen molar-refractivity contribution in [2.24, 2.45) is 5.41 Å². The van der Waals surface area contributed by atoms with Crippen LogP contribution in [-0.4, -0.2) is 48.7 Å². The van der Waals surface area contributed by atoms with Gasteiger partial charge in [-0.1, -0.05) is 18.9 Å². The number of carboxylic acids is 1. The quantitative estimate of drug-likeness (QED) is 0.851. The van der Waals surface area contributed by atoms with Crippen LogP contribution in [0.25, 0.3) is 0 Å². The molecular formula is C20H25F2NO4. The summed E-state index contributed by atoms with van der Waals surface area (Å²) in [7, 11) is 1.44. The van der Waals surface area contributed by atoms with Crippen molar-refractivity contribution in [1.82, 2.24) is 4.90 Å². The van der Waals surface area contributed by atoms with Gasteiger partial charge in [-0.15, -0.1) is 0 Å². The van der Waals surface area contributed by atoms with Gasteiger partial charge in [0.15, 0.2) is 0 Å². The third-order valence-corrected chi connectivity index (χ3v) is 6.05. The maximum atomic E-state index is 14.6. The third kappa shape index (κ3) is 3.45. The third-order valence-electron chi connectivity index (χ3n) is 6.05. The van der Waals surface area contributed by atoms with Crippen molar-refractivity contribution in [3.05, 3.63) is 35.4 Å². The SMILES string of the molecule is COCC1(C(=O)O)CCCN(C(=O)C2(c3ccc(F)cc3F)CCCC2)C1.